The van der Waals surface area contributed by atoms with Crippen LogP contribution in [0.4, 0.5) is 5.69 Å². The van der Waals surface area contributed by atoms with E-state index >= 15 is 0 Å². The number of anilines is 1. The largest absolute Gasteiger partial charge is 0.420 e. The monoisotopic (exact) mass is 461 g/mol. The Labute approximate surface area is 195 Å². The first-order valence-electron chi connectivity index (χ1n) is 11.7. The van der Waals surface area contributed by atoms with Gasteiger partial charge in [0.05, 0.1) is 11.0 Å². The number of aromatic amines is 1. The SMILES string of the molecule is CCCc1[nH]nc2ccc(C(=O)Nc3ccc4oc(=O)n(CC(=O)N5CCCCC5)c4c3)cc12. The van der Waals surface area contributed by atoms with Crippen LogP contribution in [0, 0.1) is 0 Å². The van der Waals surface area contributed by atoms with E-state index < -0.39 is 5.76 Å². The molecule has 2 aromatic heterocycles. The van der Waals surface area contributed by atoms with Crippen molar-refractivity contribution in [1.29, 1.82) is 0 Å². The summed E-state index contributed by atoms with van der Waals surface area (Å²) in [6.07, 6.45) is 4.91. The number of benzene rings is 2. The van der Waals surface area contributed by atoms with E-state index in [9.17, 15) is 14.4 Å². The summed E-state index contributed by atoms with van der Waals surface area (Å²) in [6, 6.07) is 10.4. The van der Waals surface area contributed by atoms with Crippen molar-refractivity contribution in [1.82, 2.24) is 19.7 Å². The van der Waals surface area contributed by atoms with E-state index in [1.165, 1.54) is 4.57 Å². The van der Waals surface area contributed by atoms with Crippen LogP contribution in [0.2, 0.25) is 0 Å². The number of H-pyrrole nitrogens is 1. The van der Waals surface area contributed by atoms with Gasteiger partial charge in [0.1, 0.15) is 6.54 Å². The smallest absolute Gasteiger partial charge is 0.408 e. The van der Waals surface area contributed by atoms with Crippen LogP contribution >= 0.6 is 0 Å². The number of hydrogen-bond acceptors (Lipinski definition) is 5. The molecule has 9 nitrogen and oxygen atoms in total. The molecule has 1 aliphatic heterocycles. The van der Waals surface area contributed by atoms with Crippen LogP contribution < -0.4 is 11.1 Å². The molecule has 0 aliphatic carbocycles. The van der Waals surface area contributed by atoms with Crippen LogP contribution in [0.5, 0.6) is 0 Å². The topological polar surface area (TPSA) is 113 Å². The first-order chi connectivity index (χ1) is 16.5. The number of aryl methyl sites for hydroxylation is 1. The highest BCUT2D eigenvalue weighted by molar-refractivity contribution is 6.07. The van der Waals surface area contributed by atoms with Gasteiger partial charge < -0.3 is 14.6 Å². The summed E-state index contributed by atoms with van der Waals surface area (Å²) in [5.74, 6) is -0.959. The Morgan fingerprint density at radius 1 is 1.12 bits per heavy atom. The summed E-state index contributed by atoms with van der Waals surface area (Å²) < 4.78 is 6.65. The van der Waals surface area contributed by atoms with Gasteiger partial charge in [-0.1, -0.05) is 13.3 Å². The van der Waals surface area contributed by atoms with Crippen LogP contribution in [0.25, 0.3) is 22.0 Å². The number of rotatable bonds is 6. The van der Waals surface area contributed by atoms with E-state index in [4.69, 9.17) is 4.42 Å². The van der Waals surface area contributed by atoms with Crippen LogP contribution in [0.15, 0.2) is 45.6 Å². The van der Waals surface area contributed by atoms with Crippen molar-refractivity contribution in [3.05, 3.63) is 58.2 Å². The van der Waals surface area contributed by atoms with Gasteiger partial charge in [0.2, 0.25) is 5.91 Å². The van der Waals surface area contributed by atoms with Crippen molar-refractivity contribution >= 4 is 39.5 Å². The molecule has 0 radical (unpaired) electrons. The van der Waals surface area contributed by atoms with Crippen molar-refractivity contribution in [2.45, 2.75) is 45.6 Å². The number of carbonyl (C=O) groups excluding carboxylic acids is 2. The van der Waals surface area contributed by atoms with Gasteiger partial charge in [-0.3, -0.25) is 19.3 Å². The fourth-order valence-electron chi connectivity index (χ4n) is 4.52. The number of oxazole rings is 1. The average molecular weight is 462 g/mol. The maximum absolute atomic E-state index is 13.0. The Morgan fingerprint density at radius 2 is 1.94 bits per heavy atom. The molecule has 0 saturated carbocycles. The molecule has 0 unspecified atom stereocenters. The molecule has 1 saturated heterocycles. The Morgan fingerprint density at radius 3 is 2.74 bits per heavy atom. The normalized spacial score (nSPS) is 14.1. The summed E-state index contributed by atoms with van der Waals surface area (Å²) >= 11 is 0. The molecule has 5 rings (SSSR count). The Balaban J connectivity index is 1.39. The average Bonchev–Trinajstić information content (AvgIpc) is 3.39. The zero-order valence-corrected chi connectivity index (χ0v) is 19.1. The molecular formula is C25H27N5O4. The third-order valence-electron chi connectivity index (χ3n) is 6.32. The fraction of sp³-hybridized carbons (Fsp3) is 0.360. The van der Waals surface area contributed by atoms with Crippen molar-refractivity contribution in [3.63, 3.8) is 0 Å². The summed E-state index contributed by atoms with van der Waals surface area (Å²) in [4.78, 5) is 39.9. The van der Waals surface area contributed by atoms with E-state index in [1.54, 1.807) is 29.2 Å². The van der Waals surface area contributed by atoms with Gasteiger partial charge in [0.25, 0.3) is 5.91 Å². The molecule has 9 heteroatoms. The van der Waals surface area contributed by atoms with E-state index in [1.807, 2.05) is 12.1 Å². The Bertz CT molecular complexity index is 1420. The number of aromatic nitrogens is 3. The number of piperidine rings is 1. The highest BCUT2D eigenvalue weighted by atomic mass is 16.4. The lowest BCUT2D eigenvalue weighted by molar-refractivity contribution is -0.132. The van der Waals surface area contributed by atoms with E-state index in [-0.39, 0.29) is 18.4 Å². The number of hydrogen-bond donors (Lipinski definition) is 2. The second-order valence-corrected chi connectivity index (χ2v) is 8.72. The van der Waals surface area contributed by atoms with E-state index in [0.717, 1.165) is 48.7 Å². The molecule has 2 amide bonds. The van der Waals surface area contributed by atoms with Gasteiger partial charge in [-0.05, 0) is 62.1 Å². The second-order valence-electron chi connectivity index (χ2n) is 8.72. The molecule has 0 spiro atoms. The standard InChI is InChI=1S/C25H27N5O4/c1-2-6-19-18-13-16(7-9-20(18)28-27-19)24(32)26-17-8-10-22-21(14-17)30(25(33)34-22)15-23(31)29-11-4-3-5-12-29/h7-10,13-14H,2-6,11-12,15H2,1H3,(H,26,32)(H,27,28). The zero-order chi connectivity index (χ0) is 23.7. The number of amides is 2. The summed E-state index contributed by atoms with van der Waals surface area (Å²) in [5, 5.41) is 11.2. The third-order valence-corrected chi connectivity index (χ3v) is 6.32. The van der Waals surface area contributed by atoms with Crippen molar-refractivity contribution in [2.75, 3.05) is 18.4 Å². The van der Waals surface area contributed by atoms with Gasteiger partial charge in [0, 0.05) is 35.4 Å². The Kier molecular flexibility index (Phi) is 5.91. The predicted molar refractivity (Wildman–Crippen MR) is 129 cm³/mol. The molecule has 176 valence electrons. The lowest BCUT2D eigenvalue weighted by Gasteiger charge is -2.26. The quantitative estimate of drug-likeness (QED) is 0.455. The fourth-order valence-corrected chi connectivity index (χ4v) is 4.52. The number of fused-ring (bicyclic) bond motifs is 2. The minimum absolute atomic E-state index is 0.0827. The molecule has 0 bridgehead atoms. The molecule has 0 atom stereocenters. The lowest BCUT2D eigenvalue weighted by atomic mass is 10.1. The highest BCUT2D eigenvalue weighted by Crippen LogP contribution is 2.22. The van der Waals surface area contributed by atoms with Crippen molar-refractivity contribution in [3.8, 4) is 0 Å². The van der Waals surface area contributed by atoms with Crippen LogP contribution in [0.3, 0.4) is 0 Å². The lowest BCUT2D eigenvalue weighted by Crippen LogP contribution is -2.39. The molecular weight excluding hydrogens is 434 g/mol. The third kappa shape index (κ3) is 4.21. The summed E-state index contributed by atoms with van der Waals surface area (Å²) in [6.45, 7) is 3.44. The minimum Gasteiger partial charge on any atom is -0.408 e. The first kappa shape index (κ1) is 21.9. The van der Waals surface area contributed by atoms with Crippen LogP contribution in [-0.4, -0.2) is 44.6 Å². The molecule has 1 fully saturated rings. The second kappa shape index (κ2) is 9.17. The Hall–Kier alpha value is -3.88. The van der Waals surface area contributed by atoms with E-state index in [0.29, 0.717) is 35.4 Å². The summed E-state index contributed by atoms with van der Waals surface area (Å²) in [7, 11) is 0. The highest BCUT2D eigenvalue weighted by Gasteiger charge is 2.20. The van der Waals surface area contributed by atoms with Gasteiger partial charge >= 0.3 is 5.76 Å². The van der Waals surface area contributed by atoms with Gasteiger partial charge in [-0.25, -0.2) is 4.79 Å². The molecule has 3 heterocycles. The predicted octanol–water partition coefficient (Wildman–Crippen LogP) is 3.69. The first-order valence-corrected chi connectivity index (χ1v) is 11.7. The molecule has 1 aliphatic rings. The van der Waals surface area contributed by atoms with Crippen molar-refractivity contribution in [2.24, 2.45) is 0 Å². The van der Waals surface area contributed by atoms with Crippen molar-refractivity contribution < 1.29 is 14.0 Å². The molecule has 4 aromatic rings. The maximum Gasteiger partial charge on any atom is 0.420 e. The molecule has 2 aromatic carbocycles. The maximum atomic E-state index is 13.0. The number of likely N-dealkylation sites (tertiary alicyclic amines) is 1. The van der Waals surface area contributed by atoms with Crippen LogP contribution in [0.1, 0.15) is 48.7 Å². The zero-order valence-electron chi connectivity index (χ0n) is 19.1. The van der Waals surface area contributed by atoms with Gasteiger partial charge in [-0.15, -0.1) is 0 Å². The van der Waals surface area contributed by atoms with Gasteiger partial charge in [-0.2, -0.15) is 5.10 Å². The van der Waals surface area contributed by atoms with E-state index in [2.05, 4.69) is 22.4 Å². The minimum atomic E-state index is -0.585. The number of nitrogens with zero attached hydrogens (tertiary/aromatic N) is 3. The van der Waals surface area contributed by atoms with Crippen LogP contribution in [-0.2, 0) is 17.8 Å². The summed E-state index contributed by atoms with van der Waals surface area (Å²) in [5.41, 5.74) is 3.70. The number of nitrogens with one attached hydrogen (secondary N) is 2. The number of carbonyl (C=O) groups is 2. The molecule has 2 N–H and O–H groups in total. The molecule has 34 heavy (non-hydrogen) atoms. The van der Waals surface area contributed by atoms with Gasteiger partial charge in [0.15, 0.2) is 5.58 Å².